The van der Waals surface area contributed by atoms with Gasteiger partial charge < -0.3 is 20.3 Å². The highest BCUT2D eigenvalue weighted by Crippen LogP contribution is 2.11. The fourth-order valence-electron chi connectivity index (χ4n) is 1.48. The Morgan fingerprint density at radius 1 is 1.25 bits per heavy atom. The van der Waals surface area contributed by atoms with Crippen molar-refractivity contribution in [1.82, 2.24) is 5.32 Å². The molecule has 1 rings (SSSR count). The zero-order chi connectivity index (χ0) is 15.2. The van der Waals surface area contributed by atoms with E-state index in [4.69, 9.17) is 16.3 Å². The van der Waals surface area contributed by atoms with Crippen LogP contribution in [0.1, 0.15) is 26.3 Å². The van der Waals surface area contributed by atoms with Gasteiger partial charge in [0.05, 0.1) is 25.4 Å². The predicted octanol–water partition coefficient (Wildman–Crippen LogP) is 1.97. The number of ether oxygens (including phenoxy) is 1. The molecule has 0 aliphatic heterocycles. The quantitative estimate of drug-likeness (QED) is 0.687. The number of rotatable bonds is 8. The van der Waals surface area contributed by atoms with Crippen molar-refractivity contribution in [2.75, 3.05) is 13.2 Å². The molecule has 20 heavy (non-hydrogen) atoms. The first kappa shape index (κ1) is 17.4. The number of aliphatic hydroxyl groups excluding tert-OH is 2. The molecule has 4 nitrogen and oxygen atoms in total. The first-order valence-electron chi connectivity index (χ1n) is 6.74. The Bertz CT molecular complexity index is 393. The summed E-state index contributed by atoms with van der Waals surface area (Å²) in [5.41, 5.74) is 0.579. The van der Waals surface area contributed by atoms with Crippen LogP contribution < -0.4 is 5.32 Å². The van der Waals surface area contributed by atoms with Gasteiger partial charge in [0.1, 0.15) is 0 Å². The van der Waals surface area contributed by atoms with Gasteiger partial charge in [-0.2, -0.15) is 0 Å². The van der Waals surface area contributed by atoms with Gasteiger partial charge >= 0.3 is 0 Å². The smallest absolute Gasteiger partial charge is 0.0898 e. The largest absolute Gasteiger partial charge is 0.392 e. The lowest BCUT2D eigenvalue weighted by Gasteiger charge is -2.30. The van der Waals surface area contributed by atoms with E-state index >= 15 is 0 Å². The summed E-state index contributed by atoms with van der Waals surface area (Å²) in [6, 6.07) is 7.40. The minimum atomic E-state index is -0.611. The third kappa shape index (κ3) is 6.20. The zero-order valence-corrected chi connectivity index (χ0v) is 13.0. The minimum absolute atomic E-state index is 0.242. The highest BCUT2D eigenvalue weighted by Gasteiger charge is 2.23. The first-order chi connectivity index (χ1) is 9.31. The maximum Gasteiger partial charge on any atom is 0.0898 e. The molecule has 0 heterocycles. The van der Waals surface area contributed by atoms with Gasteiger partial charge in [-0.25, -0.2) is 0 Å². The van der Waals surface area contributed by atoms with E-state index in [9.17, 15) is 10.2 Å². The highest BCUT2D eigenvalue weighted by molar-refractivity contribution is 6.30. The second-order valence-corrected chi connectivity index (χ2v) is 6.01. The van der Waals surface area contributed by atoms with E-state index in [1.807, 2.05) is 38.1 Å². The summed E-state index contributed by atoms with van der Waals surface area (Å²) in [6.45, 7) is 6.55. The summed E-state index contributed by atoms with van der Waals surface area (Å²) in [4.78, 5) is 0. The molecule has 0 aromatic heterocycles. The number of halogens is 1. The van der Waals surface area contributed by atoms with Crippen LogP contribution in [0.5, 0.6) is 0 Å². The van der Waals surface area contributed by atoms with Crippen molar-refractivity contribution < 1.29 is 14.9 Å². The Hall–Kier alpha value is -0.650. The van der Waals surface area contributed by atoms with Crippen LogP contribution in [0.15, 0.2) is 24.3 Å². The molecule has 0 saturated carbocycles. The van der Waals surface area contributed by atoms with Crippen molar-refractivity contribution in [3.05, 3.63) is 34.9 Å². The van der Waals surface area contributed by atoms with Gasteiger partial charge in [-0.15, -0.1) is 0 Å². The van der Waals surface area contributed by atoms with Gasteiger partial charge in [0.25, 0.3) is 0 Å². The van der Waals surface area contributed by atoms with Crippen LogP contribution in [0.4, 0.5) is 0 Å². The van der Waals surface area contributed by atoms with E-state index < -0.39 is 17.7 Å². The summed E-state index contributed by atoms with van der Waals surface area (Å²) < 4.78 is 5.45. The van der Waals surface area contributed by atoms with E-state index in [1.165, 1.54) is 0 Å². The topological polar surface area (TPSA) is 61.7 Å². The van der Waals surface area contributed by atoms with Gasteiger partial charge in [-0.05, 0) is 38.5 Å². The average molecular weight is 302 g/mol. The number of β-amino-alcohol motifs (C(OH)–C–C–N with tert-alkyl or cyclic N) is 1. The molecule has 2 atom stereocenters. The zero-order valence-electron chi connectivity index (χ0n) is 12.3. The summed E-state index contributed by atoms with van der Waals surface area (Å²) in [6.07, 6.45) is -1.11. The molecular formula is C15H24ClNO3. The molecule has 0 fully saturated rings. The second-order valence-electron chi connectivity index (χ2n) is 5.57. The Balaban J connectivity index is 2.23. The second kappa shape index (κ2) is 7.96. The van der Waals surface area contributed by atoms with Crippen LogP contribution in [-0.2, 0) is 11.3 Å². The fourth-order valence-corrected chi connectivity index (χ4v) is 1.61. The van der Waals surface area contributed by atoms with E-state index in [2.05, 4.69) is 5.32 Å². The molecule has 0 amide bonds. The normalized spacial score (nSPS) is 15.1. The van der Waals surface area contributed by atoms with Crippen molar-refractivity contribution in [1.29, 1.82) is 0 Å². The van der Waals surface area contributed by atoms with Crippen LogP contribution in [-0.4, -0.2) is 41.1 Å². The first-order valence-corrected chi connectivity index (χ1v) is 7.12. The van der Waals surface area contributed by atoms with E-state index in [1.54, 1.807) is 6.92 Å². The fraction of sp³-hybridized carbons (Fsp3) is 0.600. The van der Waals surface area contributed by atoms with Gasteiger partial charge in [-0.1, -0.05) is 23.7 Å². The lowest BCUT2D eigenvalue weighted by molar-refractivity contribution is 0.0183. The molecule has 0 aliphatic carbocycles. The van der Waals surface area contributed by atoms with Crippen LogP contribution >= 0.6 is 11.6 Å². The number of hydrogen-bond donors (Lipinski definition) is 3. The molecule has 2 unspecified atom stereocenters. The predicted molar refractivity (Wildman–Crippen MR) is 80.9 cm³/mol. The van der Waals surface area contributed by atoms with Crippen molar-refractivity contribution >= 4 is 11.6 Å². The molecular weight excluding hydrogens is 278 g/mol. The van der Waals surface area contributed by atoms with E-state index in [0.717, 1.165) is 5.56 Å². The molecule has 0 radical (unpaired) electrons. The van der Waals surface area contributed by atoms with Crippen molar-refractivity contribution in [3.8, 4) is 0 Å². The molecule has 0 spiro atoms. The molecule has 1 aromatic rings. The van der Waals surface area contributed by atoms with Crippen molar-refractivity contribution in [3.63, 3.8) is 0 Å². The van der Waals surface area contributed by atoms with Gasteiger partial charge in [0.15, 0.2) is 0 Å². The van der Waals surface area contributed by atoms with Crippen molar-refractivity contribution in [2.45, 2.75) is 45.1 Å². The number of aliphatic hydroxyl groups is 2. The molecule has 114 valence electrons. The van der Waals surface area contributed by atoms with E-state index in [-0.39, 0.29) is 6.61 Å². The average Bonchev–Trinajstić information content (AvgIpc) is 2.39. The minimum Gasteiger partial charge on any atom is -0.392 e. The van der Waals surface area contributed by atoms with Crippen LogP contribution in [0, 0.1) is 0 Å². The molecule has 1 aromatic carbocycles. The van der Waals surface area contributed by atoms with Crippen molar-refractivity contribution in [2.24, 2.45) is 0 Å². The summed E-state index contributed by atoms with van der Waals surface area (Å²) >= 11 is 5.80. The summed E-state index contributed by atoms with van der Waals surface area (Å²) in [5.74, 6) is 0. The molecule has 3 N–H and O–H groups in total. The number of hydrogen-bond acceptors (Lipinski definition) is 4. The Labute approximate surface area is 125 Å². The van der Waals surface area contributed by atoms with Crippen LogP contribution in [0.25, 0.3) is 0 Å². The van der Waals surface area contributed by atoms with Gasteiger partial charge in [0.2, 0.25) is 0 Å². The van der Waals surface area contributed by atoms with E-state index in [0.29, 0.717) is 18.2 Å². The third-order valence-electron chi connectivity index (χ3n) is 3.33. The molecule has 0 bridgehead atoms. The lowest BCUT2D eigenvalue weighted by Crippen LogP contribution is -2.51. The number of nitrogens with one attached hydrogen (secondary N) is 1. The summed E-state index contributed by atoms with van der Waals surface area (Å²) in [5, 5.41) is 23.2. The highest BCUT2D eigenvalue weighted by atomic mass is 35.5. The summed E-state index contributed by atoms with van der Waals surface area (Å²) in [7, 11) is 0. The maximum absolute atomic E-state index is 9.83. The van der Waals surface area contributed by atoms with Crippen LogP contribution in [0.2, 0.25) is 5.02 Å². The molecule has 5 heteroatoms. The molecule has 0 aliphatic rings. The van der Waals surface area contributed by atoms with Gasteiger partial charge in [0, 0.05) is 17.1 Å². The monoisotopic (exact) mass is 301 g/mol. The Morgan fingerprint density at radius 2 is 1.85 bits per heavy atom. The maximum atomic E-state index is 9.83. The number of benzene rings is 1. The standard InChI is InChI=1S/C15H24ClNO3/c1-11(18)15(2,3)17-8-14(19)10-20-9-12-4-6-13(16)7-5-12/h4-7,11,14,17-19H,8-10H2,1-3H3. The SMILES string of the molecule is CC(O)C(C)(C)NCC(O)COCc1ccc(Cl)cc1. The Morgan fingerprint density at radius 3 is 2.40 bits per heavy atom. The lowest BCUT2D eigenvalue weighted by atomic mass is 9.99. The molecule has 0 saturated heterocycles. The van der Waals surface area contributed by atoms with Gasteiger partial charge in [-0.3, -0.25) is 0 Å². The Kier molecular flexibility index (Phi) is 6.92. The third-order valence-corrected chi connectivity index (χ3v) is 3.58. The van der Waals surface area contributed by atoms with Crippen LogP contribution in [0.3, 0.4) is 0 Å².